The van der Waals surface area contributed by atoms with Crippen molar-refractivity contribution in [3.63, 3.8) is 0 Å². The van der Waals surface area contributed by atoms with Crippen molar-refractivity contribution in [1.82, 2.24) is 9.80 Å². The molecule has 0 saturated carbocycles. The number of hydrogen-bond donors (Lipinski definition) is 1. The second-order valence-electron chi connectivity index (χ2n) is 4.32. The lowest BCUT2D eigenvalue weighted by Gasteiger charge is -2.21. The van der Waals surface area contributed by atoms with E-state index in [1.54, 1.807) is 0 Å². The zero-order valence-corrected chi connectivity index (χ0v) is 10.0. The Hall–Kier alpha value is -0.160. The molecule has 14 heavy (non-hydrogen) atoms. The number of ether oxygens (including phenoxy) is 1. The predicted molar refractivity (Wildman–Crippen MR) is 58.5 cm³/mol. The summed E-state index contributed by atoms with van der Waals surface area (Å²) in [7, 11) is 7.89. The van der Waals surface area contributed by atoms with Crippen LogP contribution in [0.1, 0.15) is 6.92 Å². The van der Waals surface area contributed by atoms with Crippen LogP contribution < -0.4 is 0 Å². The number of hydrogen-bond acceptors (Lipinski definition) is 4. The molecule has 0 radical (unpaired) electrons. The van der Waals surface area contributed by atoms with E-state index in [4.69, 9.17) is 4.74 Å². The molecule has 0 rings (SSSR count). The van der Waals surface area contributed by atoms with Gasteiger partial charge in [-0.15, -0.1) is 0 Å². The van der Waals surface area contributed by atoms with Crippen molar-refractivity contribution < 1.29 is 9.84 Å². The summed E-state index contributed by atoms with van der Waals surface area (Å²) in [4.78, 5) is 4.02. The van der Waals surface area contributed by atoms with Gasteiger partial charge in [-0.2, -0.15) is 0 Å². The molecule has 0 aromatic rings. The van der Waals surface area contributed by atoms with E-state index in [-0.39, 0.29) is 6.10 Å². The number of rotatable bonds is 7. The Morgan fingerprint density at radius 1 is 1.07 bits per heavy atom. The Kier molecular flexibility index (Phi) is 7.09. The lowest BCUT2D eigenvalue weighted by molar-refractivity contribution is -0.0173. The lowest BCUT2D eigenvalue weighted by atomic mass is 10.3. The van der Waals surface area contributed by atoms with Crippen LogP contribution in [0.25, 0.3) is 0 Å². The molecule has 0 aliphatic rings. The third-order valence-electron chi connectivity index (χ3n) is 1.77. The summed E-state index contributed by atoms with van der Waals surface area (Å²) in [5, 5.41) is 9.52. The third kappa shape index (κ3) is 8.44. The molecule has 2 unspecified atom stereocenters. The van der Waals surface area contributed by atoms with Crippen LogP contribution in [-0.2, 0) is 4.74 Å². The minimum Gasteiger partial charge on any atom is -0.389 e. The van der Waals surface area contributed by atoms with Crippen LogP contribution in [0, 0.1) is 0 Å². The van der Waals surface area contributed by atoms with Gasteiger partial charge in [0.15, 0.2) is 0 Å². The molecule has 0 heterocycles. The van der Waals surface area contributed by atoms with Gasteiger partial charge in [0.25, 0.3) is 0 Å². The first-order chi connectivity index (χ1) is 6.41. The summed E-state index contributed by atoms with van der Waals surface area (Å²) >= 11 is 0. The predicted octanol–water partition coefficient (Wildman–Crippen LogP) is -0.124. The van der Waals surface area contributed by atoms with E-state index in [1.165, 1.54) is 0 Å². The normalized spacial score (nSPS) is 16.3. The van der Waals surface area contributed by atoms with Crippen LogP contribution in [0.2, 0.25) is 0 Å². The quantitative estimate of drug-likeness (QED) is 0.627. The highest BCUT2D eigenvalue weighted by atomic mass is 16.5. The largest absolute Gasteiger partial charge is 0.389 e. The summed E-state index contributed by atoms with van der Waals surface area (Å²) in [6, 6.07) is 0. The van der Waals surface area contributed by atoms with E-state index in [9.17, 15) is 5.11 Å². The molecule has 0 amide bonds. The maximum absolute atomic E-state index is 9.52. The maximum Gasteiger partial charge on any atom is 0.0900 e. The van der Waals surface area contributed by atoms with Crippen molar-refractivity contribution in [3.8, 4) is 0 Å². The van der Waals surface area contributed by atoms with Gasteiger partial charge in [0, 0.05) is 13.1 Å². The topological polar surface area (TPSA) is 35.9 Å². The number of aliphatic hydroxyl groups excluding tert-OH is 1. The van der Waals surface area contributed by atoms with Crippen LogP contribution in [0.4, 0.5) is 0 Å². The fourth-order valence-electron chi connectivity index (χ4n) is 1.32. The summed E-state index contributed by atoms with van der Waals surface area (Å²) < 4.78 is 5.50. The molecule has 2 atom stereocenters. The molecular formula is C10H24N2O2. The Labute approximate surface area is 87.5 Å². The van der Waals surface area contributed by atoms with E-state index in [1.807, 2.05) is 40.0 Å². The maximum atomic E-state index is 9.52. The molecule has 4 heteroatoms. The molecule has 0 aromatic carbocycles. The molecule has 0 bridgehead atoms. The van der Waals surface area contributed by atoms with Gasteiger partial charge in [-0.05, 0) is 35.1 Å². The van der Waals surface area contributed by atoms with E-state index in [0.717, 1.165) is 6.54 Å². The zero-order chi connectivity index (χ0) is 11.1. The van der Waals surface area contributed by atoms with Crippen LogP contribution in [0.3, 0.4) is 0 Å². The summed E-state index contributed by atoms with van der Waals surface area (Å²) in [5.74, 6) is 0. The van der Waals surface area contributed by atoms with Gasteiger partial charge in [0.2, 0.25) is 0 Å². The van der Waals surface area contributed by atoms with E-state index >= 15 is 0 Å². The first-order valence-corrected chi connectivity index (χ1v) is 5.01. The molecule has 1 N–H and O–H groups in total. The van der Waals surface area contributed by atoms with Gasteiger partial charge < -0.3 is 19.6 Å². The number of nitrogens with zero attached hydrogens (tertiary/aromatic N) is 2. The molecular weight excluding hydrogens is 180 g/mol. The highest BCUT2D eigenvalue weighted by Crippen LogP contribution is 1.95. The molecule has 0 aromatic heterocycles. The molecule has 86 valence electrons. The van der Waals surface area contributed by atoms with Crippen LogP contribution in [-0.4, -0.2) is 75.0 Å². The monoisotopic (exact) mass is 204 g/mol. The fourth-order valence-corrected chi connectivity index (χ4v) is 1.32. The first-order valence-electron chi connectivity index (χ1n) is 5.01. The minimum atomic E-state index is -0.394. The number of aliphatic hydroxyl groups is 1. The third-order valence-corrected chi connectivity index (χ3v) is 1.77. The highest BCUT2D eigenvalue weighted by molar-refractivity contribution is 4.60. The molecule has 0 aliphatic heterocycles. The van der Waals surface area contributed by atoms with Crippen LogP contribution in [0.5, 0.6) is 0 Å². The minimum absolute atomic E-state index is 0.168. The van der Waals surface area contributed by atoms with Gasteiger partial charge >= 0.3 is 0 Å². The van der Waals surface area contributed by atoms with Crippen molar-refractivity contribution >= 4 is 0 Å². The van der Waals surface area contributed by atoms with Gasteiger partial charge in [-0.25, -0.2) is 0 Å². The Morgan fingerprint density at radius 3 is 2.00 bits per heavy atom. The average Bonchev–Trinajstić information content (AvgIpc) is 1.98. The summed E-state index contributed by atoms with van der Waals surface area (Å²) in [6.07, 6.45) is -0.226. The smallest absolute Gasteiger partial charge is 0.0900 e. The van der Waals surface area contributed by atoms with Crippen molar-refractivity contribution in [1.29, 1.82) is 0 Å². The Balaban J connectivity index is 3.50. The van der Waals surface area contributed by atoms with E-state index in [2.05, 4.69) is 4.90 Å². The van der Waals surface area contributed by atoms with Crippen molar-refractivity contribution in [2.45, 2.75) is 19.1 Å². The van der Waals surface area contributed by atoms with E-state index in [0.29, 0.717) is 13.2 Å². The van der Waals surface area contributed by atoms with Gasteiger partial charge in [-0.1, -0.05) is 0 Å². The van der Waals surface area contributed by atoms with Crippen molar-refractivity contribution in [2.24, 2.45) is 0 Å². The molecule has 0 fully saturated rings. The highest BCUT2D eigenvalue weighted by Gasteiger charge is 2.09. The molecule has 0 spiro atoms. The van der Waals surface area contributed by atoms with Crippen LogP contribution >= 0.6 is 0 Å². The second-order valence-corrected chi connectivity index (χ2v) is 4.32. The van der Waals surface area contributed by atoms with Gasteiger partial charge in [0.1, 0.15) is 0 Å². The van der Waals surface area contributed by atoms with Crippen molar-refractivity contribution in [2.75, 3.05) is 47.9 Å². The lowest BCUT2D eigenvalue weighted by Crippen LogP contribution is -2.33. The second kappa shape index (κ2) is 7.17. The number of likely N-dealkylation sites (N-methyl/N-ethyl adjacent to an activating group) is 2. The molecule has 4 nitrogen and oxygen atoms in total. The zero-order valence-electron chi connectivity index (χ0n) is 10.0. The fraction of sp³-hybridized carbons (Fsp3) is 1.00. The van der Waals surface area contributed by atoms with Crippen LogP contribution in [0.15, 0.2) is 0 Å². The molecule has 0 aliphatic carbocycles. The summed E-state index contributed by atoms with van der Waals surface area (Å²) in [5.41, 5.74) is 0. The Bertz CT molecular complexity index is 124. The SMILES string of the molecule is CC(CN(C)C)OCC(O)CN(C)C. The first kappa shape index (κ1) is 13.8. The van der Waals surface area contributed by atoms with Gasteiger partial charge in [0.05, 0.1) is 18.8 Å². The van der Waals surface area contributed by atoms with Crippen molar-refractivity contribution in [3.05, 3.63) is 0 Å². The average molecular weight is 204 g/mol. The standard InChI is InChI=1S/C10H24N2O2/c1-9(6-11(2)3)14-8-10(13)7-12(4)5/h9-10,13H,6-8H2,1-5H3. The van der Waals surface area contributed by atoms with Gasteiger partial charge in [-0.3, -0.25) is 0 Å². The molecule has 0 saturated heterocycles. The van der Waals surface area contributed by atoms with E-state index < -0.39 is 6.10 Å². The summed E-state index contributed by atoms with van der Waals surface area (Å²) in [6.45, 7) is 3.96. The Morgan fingerprint density at radius 2 is 1.57 bits per heavy atom.